The molecule has 0 spiro atoms. The van der Waals surface area contributed by atoms with Crippen LogP contribution in [0.15, 0.2) is 54.6 Å². The summed E-state index contributed by atoms with van der Waals surface area (Å²) in [5, 5.41) is 0. The lowest BCUT2D eigenvalue weighted by molar-refractivity contribution is -0.118. The zero-order valence-electron chi connectivity index (χ0n) is 15.0. The molecule has 1 aliphatic rings. The summed E-state index contributed by atoms with van der Waals surface area (Å²) in [6.45, 7) is 5.53. The van der Waals surface area contributed by atoms with Crippen LogP contribution < -0.4 is 9.80 Å². The summed E-state index contributed by atoms with van der Waals surface area (Å²) in [7, 11) is 0. The molecule has 2 aromatic rings. The SMILES string of the molecule is CCC(=O)N(c1ccccc1)[C@@H]1C[C@@H](C)N(C(C)=O)c2ccccc21. The minimum Gasteiger partial charge on any atom is -0.309 e. The maximum Gasteiger partial charge on any atom is 0.227 e. The van der Waals surface area contributed by atoms with Crippen LogP contribution in [0.3, 0.4) is 0 Å². The van der Waals surface area contributed by atoms with E-state index >= 15 is 0 Å². The van der Waals surface area contributed by atoms with E-state index in [2.05, 4.69) is 0 Å². The van der Waals surface area contributed by atoms with Crippen LogP contribution in [0, 0.1) is 0 Å². The summed E-state index contributed by atoms with van der Waals surface area (Å²) >= 11 is 0. The standard InChI is InChI=1S/C21H24N2O2/c1-4-21(25)23(17-10-6-5-7-11-17)20-14-15(2)22(16(3)24)19-13-9-8-12-18(19)20/h5-13,15,20H,4,14H2,1-3H3/t15-,20-/m1/s1. The lowest BCUT2D eigenvalue weighted by Gasteiger charge is -2.43. The quantitative estimate of drug-likeness (QED) is 0.838. The molecule has 0 aromatic heterocycles. The summed E-state index contributed by atoms with van der Waals surface area (Å²) in [6, 6.07) is 17.7. The molecule has 4 heteroatoms. The number of benzene rings is 2. The van der Waals surface area contributed by atoms with E-state index in [-0.39, 0.29) is 23.9 Å². The second-order valence-corrected chi connectivity index (χ2v) is 6.50. The number of rotatable bonds is 3. The molecular weight excluding hydrogens is 312 g/mol. The van der Waals surface area contributed by atoms with Gasteiger partial charge in [-0.2, -0.15) is 0 Å². The number of amides is 2. The molecule has 4 nitrogen and oxygen atoms in total. The van der Waals surface area contributed by atoms with Gasteiger partial charge in [-0.3, -0.25) is 9.59 Å². The third-order valence-corrected chi connectivity index (χ3v) is 4.82. The van der Waals surface area contributed by atoms with E-state index < -0.39 is 0 Å². The molecule has 0 radical (unpaired) electrons. The zero-order chi connectivity index (χ0) is 18.0. The van der Waals surface area contributed by atoms with Crippen molar-refractivity contribution < 1.29 is 9.59 Å². The number of carbonyl (C=O) groups is 2. The molecule has 25 heavy (non-hydrogen) atoms. The molecule has 2 aromatic carbocycles. The molecular formula is C21H24N2O2. The molecule has 2 atom stereocenters. The summed E-state index contributed by atoms with van der Waals surface area (Å²) in [4.78, 5) is 28.7. The molecule has 3 rings (SSSR count). The maximum absolute atomic E-state index is 12.8. The first-order valence-corrected chi connectivity index (χ1v) is 8.80. The van der Waals surface area contributed by atoms with E-state index in [4.69, 9.17) is 0 Å². The highest BCUT2D eigenvalue weighted by Crippen LogP contribution is 2.42. The van der Waals surface area contributed by atoms with Gasteiger partial charge in [0.2, 0.25) is 11.8 Å². The van der Waals surface area contributed by atoms with Crippen LogP contribution in [0.4, 0.5) is 11.4 Å². The molecule has 0 bridgehead atoms. The van der Waals surface area contributed by atoms with E-state index in [0.29, 0.717) is 6.42 Å². The van der Waals surface area contributed by atoms with E-state index in [0.717, 1.165) is 23.4 Å². The van der Waals surface area contributed by atoms with Crippen molar-refractivity contribution in [2.75, 3.05) is 9.80 Å². The van der Waals surface area contributed by atoms with Gasteiger partial charge >= 0.3 is 0 Å². The van der Waals surface area contributed by atoms with E-state index in [1.807, 2.05) is 78.2 Å². The van der Waals surface area contributed by atoms with Gasteiger partial charge in [-0.1, -0.05) is 43.3 Å². The Balaban J connectivity index is 2.12. The van der Waals surface area contributed by atoms with Crippen LogP contribution in [0.5, 0.6) is 0 Å². The Bertz CT molecular complexity index is 772. The fourth-order valence-corrected chi connectivity index (χ4v) is 3.76. The van der Waals surface area contributed by atoms with Gasteiger partial charge < -0.3 is 9.80 Å². The number of anilines is 2. The Hall–Kier alpha value is -2.62. The third-order valence-electron chi connectivity index (χ3n) is 4.82. The van der Waals surface area contributed by atoms with E-state index in [1.54, 1.807) is 6.92 Å². The van der Waals surface area contributed by atoms with Crippen molar-refractivity contribution in [1.29, 1.82) is 0 Å². The average molecular weight is 336 g/mol. The number of nitrogens with zero attached hydrogens (tertiary/aromatic N) is 2. The number of hydrogen-bond donors (Lipinski definition) is 0. The van der Waals surface area contributed by atoms with Crippen LogP contribution in [0.2, 0.25) is 0 Å². The molecule has 0 saturated carbocycles. The zero-order valence-corrected chi connectivity index (χ0v) is 15.0. The van der Waals surface area contributed by atoms with Gasteiger partial charge in [0, 0.05) is 30.8 Å². The molecule has 0 fully saturated rings. The predicted molar refractivity (Wildman–Crippen MR) is 101 cm³/mol. The average Bonchev–Trinajstić information content (AvgIpc) is 2.62. The summed E-state index contributed by atoms with van der Waals surface area (Å²) in [6.07, 6.45) is 1.16. The lowest BCUT2D eigenvalue weighted by Crippen LogP contribution is -2.47. The number of hydrogen-bond acceptors (Lipinski definition) is 2. The second-order valence-electron chi connectivity index (χ2n) is 6.50. The first kappa shape index (κ1) is 17.2. The minimum absolute atomic E-state index is 0.0338. The first-order valence-electron chi connectivity index (χ1n) is 8.80. The Morgan fingerprint density at radius 1 is 1.08 bits per heavy atom. The summed E-state index contributed by atoms with van der Waals surface area (Å²) in [5.74, 6) is 0.126. The second kappa shape index (κ2) is 7.09. The van der Waals surface area contributed by atoms with Crippen molar-refractivity contribution in [2.45, 2.75) is 45.7 Å². The van der Waals surface area contributed by atoms with Gasteiger partial charge in [-0.15, -0.1) is 0 Å². The maximum atomic E-state index is 12.8. The van der Waals surface area contributed by atoms with E-state index in [9.17, 15) is 9.59 Å². The smallest absolute Gasteiger partial charge is 0.227 e. The van der Waals surface area contributed by atoms with Crippen LogP contribution >= 0.6 is 0 Å². The molecule has 0 saturated heterocycles. The minimum atomic E-state index is -0.0725. The van der Waals surface area contributed by atoms with Crippen molar-refractivity contribution in [3.05, 3.63) is 60.2 Å². The van der Waals surface area contributed by atoms with Crippen molar-refractivity contribution in [3.8, 4) is 0 Å². The van der Waals surface area contributed by atoms with Crippen LogP contribution in [-0.4, -0.2) is 17.9 Å². The Morgan fingerprint density at radius 3 is 2.36 bits per heavy atom. The molecule has 1 heterocycles. The summed E-state index contributed by atoms with van der Waals surface area (Å²) < 4.78 is 0. The van der Waals surface area contributed by atoms with Crippen molar-refractivity contribution in [2.24, 2.45) is 0 Å². The predicted octanol–water partition coefficient (Wildman–Crippen LogP) is 4.32. The van der Waals surface area contributed by atoms with Gasteiger partial charge in [0.1, 0.15) is 0 Å². The van der Waals surface area contributed by atoms with E-state index in [1.165, 1.54) is 0 Å². The fraction of sp³-hybridized carbons (Fsp3) is 0.333. The fourth-order valence-electron chi connectivity index (χ4n) is 3.76. The van der Waals surface area contributed by atoms with Crippen molar-refractivity contribution >= 4 is 23.2 Å². The van der Waals surface area contributed by atoms with Crippen molar-refractivity contribution in [1.82, 2.24) is 0 Å². The van der Waals surface area contributed by atoms with Gasteiger partial charge in [0.05, 0.1) is 6.04 Å². The lowest BCUT2D eigenvalue weighted by atomic mass is 9.89. The monoisotopic (exact) mass is 336 g/mol. The van der Waals surface area contributed by atoms with Crippen LogP contribution in [0.1, 0.15) is 45.2 Å². The summed E-state index contributed by atoms with van der Waals surface area (Å²) in [5.41, 5.74) is 2.84. The van der Waals surface area contributed by atoms with Gasteiger partial charge in [-0.25, -0.2) is 0 Å². The Kier molecular flexibility index (Phi) is 4.88. The Labute approximate surface area is 149 Å². The van der Waals surface area contributed by atoms with Crippen LogP contribution in [0.25, 0.3) is 0 Å². The highest BCUT2D eigenvalue weighted by atomic mass is 16.2. The van der Waals surface area contributed by atoms with Gasteiger partial charge in [-0.05, 0) is 37.1 Å². The van der Waals surface area contributed by atoms with Crippen LogP contribution in [-0.2, 0) is 9.59 Å². The highest BCUT2D eigenvalue weighted by Gasteiger charge is 2.37. The molecule has 130 valence electrons. The Morgan fingerprint density at radius 2 is 1.72 bits per heavy atom. The first-order chi connectivity index (χ1) is 12.0. The van der Waals surface area contributed by atoms with Gasteiger partial charge in [0.25, 0.3) is 0 Å². The third kappa shape index (κ3) is 3.16. The largest absolute Gasteiger partial charge is 0.309 e. The molecule has 2 amide bonds. The highest BCUT2D eigenvalue weighted by molar-refractivity contribution is 5.97. The number of fused-ring (bicyclic) bond motifs is 1. The van der Waals surface area contributed by atoms with Gasteiger partial charge in [0.15, 0.2) is 0 Å². The molecule has 0 N–H and O–H groups in total. The van der Waals surface area contributed by atoms with Crippen molar-refractivity contribution in [3.63, 3.8) is 0 Å². The number of carbonyl (C=O) groups excluding carboxylic acids is 2. The molecule has 0 aliphatic carbocycles. The molecule has 0 unspecified atom stereocenters. The number of para-hydroxylation sites is 2. The normalized spacial score (nSPS) is 19.2. The topological polar surface area (TPSA) is 40.6 Å². The molecule has 1 aliphatic heterocycles.